The van der Waals surface area contributed by atoms with Gasteiger partial charge < -0.3 is 10.2 Å². The van der Waals surface area contributed by atoms with E-state index in [0.717, 1.165) is 23.1 Å². The molecule has 0 saturated carbocycles. The maximum absolute atomic E-state index is 12.9. The molecule has 0 bridgehead atoms. The lowest BCUT2D eigenvalue weighted by Gasteiger charge is -2.32. The average Bonchev–Trinajstić information content (AvgIpc) is 2.67. The highest BCUT2D eigenvalue weighted by molar-refractivity contribution is 5.88. The van der Waals surface area contributed by atoms with Gasteiger partial charge in [-0.3, -0.25) is 9.59 Å². The van der Waals surface area contributed by atoms with Crippen LogP contribution in [0.2, 0.25) is 0 Å². The number of carbonyl (C=O) groups is 2. The fourth-order valence-electron chi connectivity index (χ4n) is 3.17. The Morgan fingerprint density at radius 3 is 2.30 bits per heavy atom. The number of amides is 2. The quantitative estimate of drug-likeness (QED) is 0.732. The fraction of sp³-hybridized carbons (Fsp3) is 0.391. The van der Waals surface area contributed by atoms with E-state index >= 15 is 0 Å². The molecule has 0 radical (unpaired) electrons. The van der Waals surface area contributed by atoms with Crippen LogP contribution in [0.15, 0.2) is 54.6 Å². The molecule has 2 amide bonds. The van der Waals surface area contributed by atoms with Gasteiger partial charge in [0.2, 0.25) is 11.8 Å². The molecule has 27 heavy (non-hydrogen) atoms. The van der Waals surface area contributed by atoms with Gasteiger partial charge in [0, 0.05) is 25.9 Å². The molecule has 1 unspecified atom stereocenters. The highest BCUT2D eigenvalue weighted by Gasteiger charge is 2.29. The number of rotatable bonds is 9. The Bertz CT molecular complexity index is 743. The van der Waals surface area contributed by atoms with E-state index in [0.29, 0.717) is 25.9 Å². The van der Waals surface area contributed by atoms with Crippen LogP contribution in [0.25, 0.3) is 0 Å². The lowest BCUT2D eigenvalue weighted by Crippen LogP contribution is -2.50. The first-order valence-electron chi connectivity index (χ1n) is 9.72. The molecule has 0 heterocycles. The molecule has 0 aliphatic carbocycles. The van der Waals surface area contributed by atoms with Crippen LogP contribution in [0.4, 0.5) is 0 Å². The molecule has 0 aliphatic rings. The zero-order valence-electron chi connectivity index (χ0n) is 16.6. The van der Waals surface area contributed by atoms with E-state index in [4.69, 9.17) is 0 Å². The van der Waals surface area contributed by atoms with Crippen LogP contribution < -0.4 is 5.32 Å². The van der Waals surface area contributed by atoms with Gasteiger partial charge in [0.05, 0.1) is 0 Å². The van der Waals surface area contributed by atoms with Crippen LogP contribution in [0, 0.1) is 6.92 Å². The highest BCUT2D eigenvalue weighted by Crippen LogP contribution is 2.18. The first-order valence-corrected chi connectivity index (χ1v) is 9.72. The molecule has 1 atom stereocenters. The lowest BCUT2D eigenvalue weighted by molar-refractivity contribution is -0.141. The summed E-state index contributed by atoms with van der Waals surface area (Å²) in [5.74, 6) is -0.0765. The third-order valence-electron chi connectivity index (χ3n) is 4.69. The molecule has 4 heteroatoms. The predicted octanol–water partition coefficient (Wildman–Crippen LogP) is 3.87. The molecule has 2 rings (SSSR count). The van der Waals surface area contributed by atoms with Crippen LogP contribution in [0.1, 0.15) is 43.4 Å². The third-order valence-corrected chi connectivity index (χ3v) is 4.69. The number of benzene rings is 2. The van der Waals surface area contributed by atoms with E-state index in [2.05, 4.69) is 5.32 Å². The normalized spacial score (nSPS) is 11.7. The number of hydrogen-bond donors (Lipinski definition) is 1. The molecule has 0 fully saturated rings. The first kappa shape index (κ1) is 20.7. The fourth-order valence-corrected chi connectivity index (χ4v) is 3.17. The Labute approximate surface area is 162 Å². The molecule has 0 aliphatic heterocycles. The summed E-state index contributed by atoms with van der Waals surface area (Å²) < 4.78 is 0. The minimum atomic E-state index is -0.522. The minimum absolute atomic E-state index is 0.0212. The number of likely N-dealkylation sites (N-methyl/N-ethyl adjacent to an activating group) is 1. The Morgan fingerprint density at radius 1 is 1.00 bits per heavy atom. The number of carbonyl (C=O) groups excluding carboxylic acids is 2. The molecule has 0 saturated heterocycles. The van der Waals surface area contributed by atoms with Crippen molar-refractivity contribution in [1.82, 2.24) is 10.2 Å². The molecule has 1 N–H and O–H groups in total. The maximum Gasteiger partial charge on any atom is 0.243 e. The van der Waals surface area contributed by atoms with Crippen LogP contribution >= 0.6 is 0 Å². The van der Waals surface area contributed by atoms with Crippen molar-refractivity contribution in [2.24, 2.45) is 0 Å². The van der Waals surface area contributed by atoms with Crippen molar-refractivity contribution in [3.8, 4) is 0 Å². The summed E-state index contributed by atoms with van der Waals surface area (Å²) >= 11 is 0. The van der Waals surface area contributed by atoms with Gasteiger partial charge in [0.25, 0.3) is 0 Å². The van der Waals surface area contributed by atoms with Crippen LogP contribution in [-0.2, 0) is 22.6 Å². The number of hydrogen-bond acceptors (Lipinski definition) is 2. The number of nitrogens with one attached hydrogen (secondary N) is 1. The van der Waals surface area contributed by atoms with Gasteiger partial charge in [-0.25, -0.2) is 0 Å². The zero-order chi connectivity index (χ0) is 19.6. The van der Waals surface area contributed by atoms with Gasteiger partial charge in [0.15, 0.2) is 0 Å². The van der Waals surface area contributed by atoms with Crippen molar-refractivity contribution < 1.29 is 9.59 Å². The largest absolute Gasteiger partial charge is 0.355 e. The Balaban J connectivity index is 2.36. The summed E-state index contributed by atoms with van der Waals surface area (Å²) in [4.78, 5) is 27.6. The Kier molecular flexibility index (Phi) is 8.05. The smallest absolute Gasteiger partial charge is 0.243 e. The number of aryl methyl sites for hydroxylation is 1. The molecule has 2 aromatic rings. The van der Waals surface area contributed by atoms with Gasteiger partial charge in [-0.05, 0) is 37.0 Å². The Morgan fingerprint density at radius 2 is 1.67 bits per heavy atom. The van der Waals surface area contributed by atoms with E-state index < -0.39 is 6.04 Å². The van der Waals surface area contributed by atoms with Crippen molar-refractivity contribution in [3.05, 3.63) is 71.3 Å². The summed E-state index contributed by atoms with van der Waals surface area (Å²) in [6, 6.07) is 17.4. The van der Waals surface area contributed by atoms with Gasteiger partial charge in [0.1, 0.15) is 6.04 Å². The molecule has 4 nitrogen and oxygen atoms in total. The lowest BCUT2D eigenvalue weighted by atomic mass is 10.0. The average molecular weight is 367 g/mol. The van der Waals surface area contributed by atoms with Crippen LogP contribution in [0.3, 0.4) is 0 Å². The van der Waals surface area contributed by atoms with Gasteiger partial charge in [-0.15, -0.1) is 0 Å². The first-order chi connectivity index (χ1) is 13.1. The van der Waals surface area contributed by atoms with Crippen molar-refractivity contribution >= 4 is 11.8 Å². The van der Waals surface area contributed by atoms with E-state index in [-0.39, 0.29) is 11.8 Å². The Hall–Kier alpha value is -2.62. The summed E-state index contributed by atoms with van der Waals surface area (Å²) in [7, 11) is 0. The molecule has 0 aromatic heterocycles. The second kappa shape index (κ2) is 10.5. The van der Waals surface area contributed by atoms with Crippen molar-refractivity contribution in [1.29, 1.82) is 0 Å². The van der Waals surface area contributed by atoms with E-state index in [1.165, 1.54) is 0 Å². The second-order valence-electron chi connectivity index (χ2n) is 6.80. The van der Waals surface area contributed by atoms with Crippen molar-refractivity contribution in [2.75, 3.05) is 6.54 Å². The SMILES string of the molecule is CCCC(=O)N(Cc1ccccc1C)C(Cc1ccccc1)C(=O)NCC. The molecule has 0 spiro atoms. The van der Waals surface area contributed by atoms with Gasteiger partial charge >= 0.3 is 0 Å². The third kappa shape index (κ3) is 5.95. The molecule has 2 aromatic carbocycles. The summed E-state index contributed by atoms with van der Waals surface area (Å²) in [5.41, 5.74) is 3.25. The summed E-state index contributed by atoms with van der Waals surface area (Å²) in [6.07, 6.45) is 1.71. The van der Waals surface area contributed by atoms with E-state index in [9.17, 15) is 9.59 Å². The van der Waals surface area contributed by atoms with Gasteiger partial charge in [-0.2, -0.15) is 0 Å². The van der Waals surface area contributed by atoms with Crippen molar-refractivity contribution in [3.63, 3.8) is 0 Å². The maximum atomic E-state index is 12.9. The van der Waals surface area contributed by atoms with Gasteiger partial charge in [-0.1, -0.05) is 61.5 Å². The van der Waals surface area contributed by atoms with Crippen LogP contribution in [0.5, 0.6) is 0 Å². The van der Waals surface area contributed by atoms with E-state index in [1.54, 1.807) is 4.90 Å². The topological polar surface area (TPSA) is 49.4 Å². The second-order valence-corrected chi connectivity index (χ2v) is 6.80. The number of nitrogens with zero attached hydrogens (tertiary/aromatic N) is 1. The predicted molar refractivity (Wildman–Crippen MR) is 109 cm³/mol. The van der Waals surface area contributed by atoms with Crippen molar-refractivity contribution in [2.45, 2.75) is 52.6 Å². The standard InChI is InChI=1S/C23H30N2O2/c1-4-11-22(26)25(17-20-15-10-9-12-18(20)3)21(23(27)24-5-2)16-19-13-7-6-8-14-19/h6-10,12-15,21H,4-5,11,16-17H2,1-3H3,(H,24,27). The molecular weight excluding hydrogens is 336 g/mol. The highest BCUT2D eigenvalue weighted by atomic mass is 16.2. The monoisotopic (exact) mass is 366 g/mol. The summed E-state index contributed by atoms with van der Waals surface area (Å²) in [6.45, 7) is 6.92. The summed E-state index contributed by atoms with van der Waals surface area (Å²) in [5, 5.41) is 2.91. The van der Waals surface area contributed by atoms with E-state index in [1.807, 2.05) is 75.4 Å². The zero-order valence-corrected chi connectivity index (χ0v) is 16.6. The van der Waals surface area contributed by atoms with Crippen LogP contribution in [-0.4, -0.2) is 29.3 Å². The minimum Gasteiger partial charge on any atom is -0.355 e. The molecule has 144 valence electrons. The molecular formula is C23H30N2O2.